The van der Waals surface area contributed by atoms with Crippen molar-refractivity contribution in [2.75, 3.05) is 11.9 Å². The number of amides is 1. The molecule has 0 aliphatic heterocycles. The molecule has 0 spiro atoms. The zero-order chi connectivity index (χ0) is 15.8. The molecule has 2 N–H and O–H groups in total. The van der Waals surface area contributed by atoms with E-state index in [-0.39, 0.29) is 10.9 Å². The van der Waals surface area contributed by atoms with Crippen LogP contribution in [0.15, 0.2) is 54.6 Å². The standard InChI is InChI=1S/C17H18N2O2S/c1-2-21-15-10-8-14(9-11-15)19-16(20)17(22)18-12-13-6-4-3-5-7-13/h3-11H,2,12H2,1H3,(H,18,22)(H,19,20). The molecule has 0 aromatic heterocycles. The topological polar surface area (TPSA) is 50.4 Å². The number of nitrogens with one attached hydrogen (secondary N) is 2. The van der Waals surface area contributed by atoms with E-state index in [1.807, 2.05) is 37.3 Å². The normalized spacial score (nSPS) is 9.86. The first-order valence-corrected chi connectivity index (χ1v) is 7.46. The Balaban J connectivity index is 1.84. The summed E-state index contributed by atoms with van der Waals surface area (Å²) in [7, 11) is 0. The monoisotopic (exact) mass is 314 g/mol. The fraction of sp³-hybridized carbons (Fsp3) is 0.176. The van der Waals surface area contributed by atoms with Crippen molar-refractivity contribution < 1.29 is 9.53 Å². The van der Waals surface area contributed by atoms with Crippen molar-refractivity contribution in [3.8, 4) is 5.75 Å². The molecule has 0 fully saturated rings. The van der Waals surface area contributed by atoms with Gasteiger partial charge in [0.15, 0.2) is 4.99 Å². The van der Waals surface area contributed by atoms with Crippen LogP contribution >= 0.6 is 12.2 Å². The van der Waals surface area contributed by atoms with Crippen LogP contribution in [0.25, 0.3) is 0 Å². The number of rotatable bonds is 5. The summed E-state index contributed by atoms with van der Waals surface area (Å²) in [4.78, 5) is 12.2. The quantitative estimate of drug-likeness (QED) is 0.833. The number of hydrogen-bond donors (Lipinski definition) is 2. The Morgan fingerprint density at radius 2 is 1.77 bits per heavy atom. The van der Waals surface area contributed by atoms with Crippen LogP contribution in [0.1, 0.15) is 12.5 Å². The van der Waals surface area contributed by atoms with Crippen LogP contribution in [0, 0.1) is 0 Å². The molecule has 0 saturated carbocycles. The molecule has 0 unspecified atom stereocenters. The molecule has 2 aromatic carbocycles. The molecule has 0 aliphatic carbocycles. The first-order chi connectivity index (χ1) is 10.7. The molecule has 2 aromatic rings. The fourth-order valence-electron chi connectivity index (χ4n) is 1.85. The molecule has 0 saturated heterocycles. The van der Waals surface area contributed by atoms with E-state index in [0.29, 0.717) is 18.8 Å². The van der Waals surface area contributed by atoms with Gasteiger partial charge in [-0.3, -0.25) is 4.79 Å². The Bertz CT molecular complexity index is 627. The van der Waals surface area contributed by atoms with Crippen LogP contribution in [-0.4, -0.2) is 17.5 Å². The molecule has 0 atom stereocenters. The zero-order valence-corrected chi connectivity index (χ0v) is 13.2. The Hall–Kier alpha value is -2.40. The highest BCUT2D eigenvalue weighted by Gasteiger charge is 2.09. The highest BCUT2D eigenvalue weighted by Crippen LogP contribution is 2.15. The van der Waals surface area contributed by atoms with E-state index >= 15 is 0 Å². The zero-order valence-electron chi connectivity index (χ0n) is 12.3. The third-order valence-corrected chi connectivity index (χ3v) is 3.26. The number of thiocarbonyl (C=S) groups is 1. The van der Waals surface area contributed by atoms with Gasteiger partial charge < -0.3 is 15.4 Å². The van der Waals surface area contributed by atoms with Gasteiger partial charge in [0.2, 0.25) is 0 Å². The Morgan fingerprint density at radius 1 is 1.09 bits per heavy atom. The van der Waals surface area contributed by atoms with Gasteiger partial charge in [0.25, 0.3) is 5.91 Å². The van der Waals surface area contributed by atoms with E-state index in [1.54, 1.807) is 24.3 Å². The Kier molecular flexibility index (Phi) is 5.91. The van der Waals surface area contributed by atoms with E-state index in [9.17, 15) is 4.79 Å². The molecule has 4 nitrogen and oxygen atoms in total. The first kappa shape index (κ1) is 16.0. The first-order valence-electron chi connectivity index (χ1n) is 7.05. The van der Waals surface area contributed by atoms with Gasteiger partial charge in [0.05, 0.1) is 6.61 Å². The SMILES string of the molecule is CCOc1ccc(NC(=O)C(=S)NCc2ccccc2)cc1. The average molecular weight is 314 g/mol. The number of benzene rings is 2. The van der Waals surface area contributed by atoms with Gasteiger partial charge in [-0.1, -0.05) is 42.5 Å². The lowest BCUT2D eigenvalue weighted by Crippen LogP contribution is -2.33. The van der Waals surface area contributed by atoms with Crippen molar-refractivity contribution >= 4 is 28.8 Å². The van der Waals surface area contributed by atoms with Crippen LogP contribution in [0.3, 0.4) is 0 Å². The van der Waals surface area contributed by atoms with E-state index in [2.05, 4.69) is 10.6 Å². The minimum atomic E-state index is -0.324. The molecule has 1 amide bonds. The summed E-state index contributed by atoms with van der Waals surface area (Å²) in [5.74, 6) is 0.445. The Labute approximate surface area is 135 Å². The molecule has 114 valence electrons. The molecule has 0 aliphatic rings. The van der Waals surface area contributed by atoms with Crippen molar-refractivity contribution in [1.82, 2.24) is 5.32 Å². The van der Waals surface area contributed by atoms with Gasteiger partial charge in [0.1, 0.15) is 5.75 Å². The summed E-state index contributed by atoms with van der Waals surface area (Å²) in [5, 5.41) is 5.69. The summed E-state index contributed by atoms with van der Waals surface area (Å²) in [5.41, 5.74) is 1.75. The fourth-order valence-corrected chi connectivity index (χ4v) is 1.97. The number of ether oxygens (including phenoxy) is 1. The van der Waals surface area contributed by atoms with E-state index in [4.69, 9.17) is 17.0 Å². The van der Waals surface area contributed by atoms with Crippen molar-refractivity contribution in [3.63, 3.8) is 0 Å². The average Bonchev–Trinajstić information content (AvgIpc) is 2.55. The number of hydrogen-bond acceptors (Lipinski definition) is 3. The number of anilines is 1. The summed E-state index contributed by atoms with van der Waals surface area (Å²) < 4.78 is 5.35. The highest BCUT2D eigenvalue weighted by molar-refractivity contribution is 7.82. The predicted molar refractivity (Wildman–Crippen MR) is 92.1 cm³/mol. The minimum absolute atomic E-state index is 0.165. The largest absolute Gasteiger partial charge is 0.494 e. The van der Waals surface area contributed by atoms with E-state index in [0.717, 1.165) is 11.3 Å². The molecule has 22 heavy (non-hydrogen) atoms. The van der Waals surface area contributed by atoms with Gasteiger partial charge in [-0.05, 0) is 36.8 Å². The smallest absolute Gasteiger partial charge is 0.283 e. The van der Waals surface area contributed by atoms with Crippen molar-refractivity contribution in [3.05, 3.63) is 60.2 Å². The number of carbonyl (C=O) groups excluding carboxylic acids is 1. The van der Waals surface area contributed by atoms with Crippen molar-refractivity contribution in [2.45, 2.75) is 13.5 Å². The maximum atomic E-state index is 12.0. The van der Waals surface area contributed by atoms with Crippen molar-refractivity contribution in [1.29, 1.82) is 0 Å². The lowest BCUT2D eigenvalue weighted by molar-refractivity contribution is -0.110. The van der Waals surface area contributed by atoms with Gasteiger partial charge >= 0.3 is 0 Å². The van der Waals surface area contributed by atoms with Gasteiger partial charge in [0, 0.05) is 12.2 Å². The minimum Gasteiger partial charge on any atom is -0.494 e. The van der Waals surface area contributed by atoms with Crippen LogP contribution in [0.2, 0.25) is 0 Å². The third-order valence-electron chi connectivity index (χ3n) is 2.93. The van der Waals surface area contributed by atoms with E-state index < -0.39 is 0 Å². The predicted octanol–water partition coefficient (Wildman–Crippen LogP) is 3.14. The molecule has 0 heterocycles. The van der Waals surface area contributed by atoms with Gasteiger partial charge in [-0.25, -0.2) is 0 Å². The number of carbonyl (C=O) groups is 1. The molecule has 5 heteroatoms. The highest BCUT2D eigenvalue weighted by atomic mass is 32.1. The van der Waals surface area contributed by atoms with Gasteiger partial charge in [-0.15, -0.1) is 0 Å². The lowest BCUT2D eigenvalue weighted by Gasteiger charge is -2.09. The second-order valence-corrected chi connectivity index (χ2v) is 4.99. The molecular formula is C17H18N2O2S. The molecule has 0 radical (unpaired) electrons. The molecular weight excluding hydrogens is 296 g/mol. The maximum absolute atomic E-state index is 12.0. The second-order valence-electron chi connectivity index (χ2n) is 4.58. The summed E-state index contributed by atoms with van der Waals surface area (Å²) in [6.07, 6.45) is 0. The summed E-state index contributed by atoms with van der Waals surface area (Å²) in [6, 6.07) is 16.9. The van der Waals surface area contributed by atoms with Crippen molar-refractivity contribution in [2.24, 2.45) is 0 Å². The van der Waals surface area contributed by atoms with Crippen LogP contribution in [-0.2, 0) is 11.3 Å². The second kappa shape index (κ2) is 8.14. The molecule has 2 rings (SSSR count). The Morgan fingerprint density at radius 3 is 2.41 bits per heavy atom. The van der Waals surface area contributed by atoms with Crippen LogP contribution < -0.4 is 15.4 Å². The van der Waals surface area contributed by atoms with Crippen LogP contribution in [0.5, 0.6) is 5.75 Å². The third kappa shape index (κ3) is 4.86. The van der Waals surface area contributed by atoms with Crippen LogP contribution in [0.4, 0.5) is 5.69 Å². The lowest BCUT2D eigenvalue weighted by atomic mass is 10.2. The summed E-state index contributed by atoms with van der Waals surface area (Å²) in [6.45, 7) is 3.06. The van der Waals surface area contributed by atoms with Gasteiger partial charge in [-0.2, -0.15) is 0 Å². The summed E-state index contributed by atoms with van der Waals surface area (Å²) >= 11 is 5.09. The molecule has 0 bridgehead atoms. The maximum Gasteiger partial charge on any atom is 0.283 e. The van der Waals surface area contributed by atoms with E-state index in [1.165, 1.54) is 0 Å².